The number of nitrogens with zero attached hydrogens (tertiary/aromatic N) is 2. The number of halogens is 3. The van der Waals surface area contributed by atoms with Crippen molar-refractivity contribution in [2.45, 2.75) is 45.8 Å². The molecule has 1 rings (SSSR count). The Morgan fingerprint density at radius 1 is 1.30 bits per heavy atom. The number of hydrogen-bond acceptors (Lipinski definition) is 3. The summed E-state index contributed by atoms with van der Waals surface area (Å²) in [6.07, 6.45) is -0.736. The van der Waals surface area contributed by atoms with Gasteiger partial charge in [-0.05, 0) is 33.6 Å². The molecular formula is C12H23BF3N2O2-. The Labute approximate surface area is 118 Å². The molecule has 4 nitrogen and oxygen atoms in total. The molecule has 0 saturated carbocycles. The van der Waals surface area contributed by atoms with Crippen molar-refractivity contribution in [1.82, 2.24) is 9.80 Å². The summed E-state index contributed by atoms with van der Waals surface area (Å²) in [5.41, 5.74) is -0.592. The van der Waals surface area contributed by atoms with E-state index in [1.807, 2.05) is 6.92 Å². The summed E-state index contributed by atoms with van der Waals surface area (Å²) in [5.74, 6) is 0. The van der Waals surface area contributed by atoms with Crippen molar-refractivity contribution in [3.63, 3.8) is 0 Å². The molecule has 20 heavy (non-hydrogen) atoms. The summed E-state index contributed by atoms with van der Waals surface area (Å²) in [6, 6.07) is -0.264. The lowest BCUT2D eigenvalue weighted by atomic mass is 9.89. The van der Waals surface area contributed by atoms with Crippen molar-refractivity contribution in [2.75, 3.05) is 26.1 Å². The molecule has 1 saturated heterocycles. The lowest BCUT2D eigenvalue weighted by Crippen LogP contribution is -2.57. The molecule has 0 aromatic heterocycles. The zero-order valence-electron chi connectivity index (χ0n) is 12.5. The Hall–Kier alpha value is -0.915. The van der Waals surface area contributed by atoms with Gasteiger partial charge in [0, 0.05) is 25.7 Å². The Kier molecular flexibility index (Phi) is 5.35. The van der Waals surface area contributed by atoms with Crippen molar-refractivity contribution in [3.05, 3.63) is 0 Å². The fourth-order valence-electron chi connectivity index (χ4n) is 2.28. The van der Waals surface area contributed by atoms with E-state index in [9.17, 15) is 17.7 Å². The molecule has 1 atom stereocenters. The van der Waals surface area contributed by atoms with Crippen LogP contribution in [0.25, 0.3) is 0 Å². The highest BCUT2D eigenvalue weighted by atomic mass is 19.4. The van der Waals surface area contributed by atoms with E-state index in [-0.39, 0.29) is 25.7 Å². The molecule has 0 aromatic carbocycles. The number of carbonyl (C=O) groups excluding carboxylic acids is 1. The van der Waals surface area contributed by atoms with Crippen LogP contribution in [0.4, 0.5) is 17.7 Å². The van der Waals surface area contributed by atoms with Crippen molar-refractivity contribution >= 4 is 13.1 Å². The molecule has 0 aliphatic carbocycles. The highest BCUT2D eigenvalue weighted by Gasteiger charge is 2.35. The topological polar surface area (TPSA) is 32.8 Å². The maximum absolute atomic E-state index is 12.5. The molecule has 1 aliphatic rings. The highest BCUT2D eigenvalue weighted by molar-refractivity contribution is 6.58. The number of ether oxygens (including phenoxy) is 1. The molecule has 0 N–H and O–H groups in total. The van der Waals surface area contributed by atoms with Crippen LogP contribution in [-0.2, 0) is 4.74 Å². The highest BCUT2D eigenvalue weighted by Crippen LogP contribution is 2.20. The van der Waals surface area contributed by atoms with Crippen molar-refractivity contribution in [2.24, 2.45) is 0 Å². The van der Waals surface area contributed by atoms with Crippen LogP contribution in [0.3, 0.4) is 0 Å². The second-order valence-corrected chi connectivity index (χ2v) is 6.19. The van der Waals surface area contributed by atoms with Gasteiger partial charge in [0.2, 0.25) is 0 Å². The van der Waals surface area contributed by atoms with E-state index < -0.39 is 25.1 Å². The van der Waals surface area contributed by atoms with Crippen molar-refractivity contribution in [3.8, 4) is 0 Å². The van der Waals surface area contributed by atoms with E-state index in [0.717, 1.165) is 0 Å². The van der Waals surface area contributed by atoms with E-state index in [1.165, 1.54) is 9.80 Å². The third-order valence-corrected chi connectivity index (χ3v) is 3.17. The molecule has 118 valence electrons. The zero-order valence-corrected chi connectivity index (χ0v) is 12.5. The summed E-state index contributed by atoms with van der Waals surface area (Å²) in [4.78, 5) is 14.9. The summed E-state index contributed by atoms with van der Waals surface area (Å²) in [6.45, 7) is 3.10. The monoisotopic (exact) mass is 295 g/mol. The maximum atomic E-state index is 12.5. The molecular weight excluding hydrogens is 272 g/mol. The lowest BCUT2D eigenvalue weighted by molar-refractivity contribution is 0.00501. The molecule has 1 aliphatic heterocycles. The summed E-state index contributed by atoms with van der Waals surface area (Å²) >= 11 is 0. The summed E-state index contributed by atoms with van der Waals surface area (Å²) < 4.78 is 42.9. The molecule has 0 unspecified atom stereocenters. The number of hydrogen-bond donors (Lipinski definition) is 0. The van der Waals surface area contributed by atoms with Crippen LogP contribution in [-0.4, -0.2) is 60.6 Å². The average Bonchev–Trinajstić information content (AvgIpc) is 2.25. The van der Waals surface area contributed by atoms with Gasteiger partial charge in [-0.1, -0.05) is 6.92 Å². The van der Waals surface area contributed by atoms with Gasteiger partial charge in [-0.25, -0.2) is 4.79 Å². The van der Waals surface area contributed by atoms with Gasteiger partial charge in [0.25, 0.3) is 0 Å². The second kappa shape index (κ2) is 6.24. The largest absolute Gasteiger partial charge is 0.492 e. The van der Waals surface area contributed by atoms with Crippen LogP contribution < -0.4 is 0 Å². The van der Waals surface area contributed by atoms with E-state index >= 15 is 0 Å². The van der Waals surface area contributed by atoms with Crippen molar-refractivity contribution < 1.29 is 22.5 Å². The molecule has 0 spiro atoms. The van der Waals surface area contributed by atoms with Gasteiger partial charge in [0.1, 0.15) is 5.60 Å². The fourth-order valence-corrected chi connectivity index (χ4v) is 2.28. The third-order valence-electron chi connectivity index (χ3n) is 3.17. The minimum atomic E-state index is -4.83. The molecule has 8 heteroatoms. The number of piperazine rings is 1. The quantitative estimate of drug-likeness (QED) is 0.750. The molecule has 0 bridgehead atoms. The summed E-state index contributed by atoms with van der Waals surface area (Å²) in [7, 11) is 0. The first-order valence-electron chi connectivity index (χ1n) is 6.95. The Morgan fingerprint density at radius 2 is 1.90 bits per heavy atom. The lowest BCUT2D eigenvalue weighted by Gasteiger charge is -2.43. The molecule has 1 fully saturated rings. The second-order valence-electron chi connectivity index (χ2n) is 6.19. The normalized spacial score (nSPS) is 21.9. The Morgan fingerprint density at radius 3 is 2.35 bits per heavy atom. The van der Waals surface area contributed by atoms with Crippen LogP contribution in [0.5, 0.6) is 0 Å². The van der Waals surface area contributed by atoms with Crippen molar-refractivity contribution in [1.29, 1.82) is 0 Å². The smallest absolute Gasteiger partial charge is 0.448 e. The van der Waals surface area contributed by atoms with Crippen LogP contribution >= 0.6 is 0 Å². The van der Waals surface area contributed by atoms with E-state index in [0.29, 0.717) is 6.42 Å². The van der Waals surface area contributed by atoms with Gasteiger partial charge in [0.05, 0.1) is 0 Å². The summed E-state index contributed by atoms with van der Waals surface area (Å²) in [5, 5.41) is 0. The minimum Gasteiger partial charge on any atom is -0.448 e. The van der Waals surface area contributed by atoms with Gasteiger partial charge in [-0.15, -0.1) is 0 Å². The number of amides is 1. The van der Waals surface area contributed by atoms with Crippen LogP contribution in [0.15, 0.2) is 0 Å². The standard InChI is InChI=1S/C12H23BF3N2O2/c1-5-10-8-17(11(19)20-12(2,3)4)6-7-18(10)9-13(14,15)16/h10H,5-9H2,1-4H3/q-1/t10-/m1/s1. The van der Waals surface area contributed by atoms with E-state index in [4.69, 9.17) is 4.74 Å². The van der Waals surface area contributed by atoms with Gasteiger partial charge < -0.3 is 27.5 Å². The SMILES string of the molecule is CC[C@@H]1CN(C(=O)OC(C)(C)C)CCN1C[B-](F)(F)F. The fraction of sp³-hybridized carbons (Fsp3) is 0.917. The minimum absolute atomic E-state index is 0.235. The molecule has 0 aromatic rings. The number of carbonyl (C=O) groups is 1. The zero-order chi connectivity index (χ0) is 15.6. The third kappa shape index (κ3) is 5.60. The first-order chi connectivity index (χ1) is 9.02. The first-order valence-corrected chi connectivity index (χ1v) is 6.95. The van der Waals surface area contributed by atoms with Crippen LogP contribution in [0, 0.1) is 0 Å². The predicted octanol–water partition coefficient (Wildman–Crippen LogP) is 2.70. The number of rotatable bonds is 3. The maximum Gasteiger partial charge on any atom is 0.492 e. The Bertz CT molecular complexity index is 345. The van der Waals surface area contributed by atoms with Gasteiger partial charge >= 0.3 is 13.1 Å². The van der Waals surface area contributed by atoms with Gasteiger partial charge in [-0.2, -0.15) is 0 Å². The van der Waals surface area contributed by atoms with Crippen LogP contribution in [0.1, 0.15) is 34.1 Å². The first kappa shape index (κ1) is 17.1. The predicted molar refractivity (Wildman–Crippen MR) is 72.5 cm³/mol. The average molecular weight is 295 g/mol. The molecule has 1 heterocycles. The van der Waals surface area contributed by atoms with E-state index in [1.54, 1.807) is 20.8 Å². The van der Waals surface area contributed by atoms with E-state index in [2.05, 4.69) is 0 Å². The molecule has 0 radical (unpaired) electrons. The van der Waals surface area contributed by atoms with Crippen LogP contribution in [0.2, 0.25) is 0 Å². The van der Waals surface area contributed by atoms with Gasteiger partial charge in [-0.3, -0.25) is 0 Å². The molecule has 1 amide bonds. The Balaban J connectivity index is 2.61. The van der Waals surface area contributed by atoms with Gasteiger partial charge in [0.15, 0.2) is 0 Å².